The van der Waals surface area contributed by atoms with Gasteiger partial charge < -0.3 is 8.97 Å². The fourth-order valence-corrected chi connectivity index (χ4v) is 9.59. The second-order valence-corrected chi connectivity index (χ2v) is 14.5. The summed E-state index contributed by atoms with van der Waals surface area (Å²) in [6.45, 7) is 0. The molecule has 0 bridgehead atoms. The number of para-hydroxylation sites is 2. The van der Waals surface area contributed by atoms with Crippen LogP contribution in [0.1, 0.15) is 0 Å². The molecule has 0 N–H and O–H groups in total. The summed E-state index contributed by atoms with van der Waals surface area (Å²) < 4.78 is 5.02. The van der Waals surface area contributed by atoms with Crippen LogP contribution < -0.4 is 0 Å². The summed E-state index contributed by atoms with van der Waals surface area (Å²) in [5, 5.41) is 13.6. The van der Waals surface area contributed by atoms with Gasteiger partial charge in [0, 0.05) is 54.2 Å². The van der Waals surface area contributed by atoms with Gasteiger partial charge in [-0.3, -0.25) is 0 Å². The molecule has 0 saturated carbocycles. The minimum Gasteiger partial charge on any atom is -0.309 e. The van der Waals surface area contributed by atoms with Crippen molar-refractivity contribution in [3.8, 4) is 28.3 Å². The van der Waals surface area contributed by atoms with Crippen molar-refractivity contribution in [3.63, 3.8) is 0 Å². The van der Waals surface area contributed by atoms with E-state index in [1.165, 1.54) is 70.7 Å². The van der Waals surface area contributed by atoms with E-state index in [0.29, 0.717) is 0 Å². The maximum Gasteiger partial charge on any atom is 0.161 e. The summed E-state index contributed by atoms with van der Waals surface area (Å²) in [6, 6.07) is 61.5. The SMILES string of the molecule is c1ccc(-c2nc(-c3ccc(-n4c5ccc6cccc7c6c5c5c6c(ccc8c9ccccc9n7c86)ccc54)c4ccccc34)nc3ccccc23)cc1. The van der Waals surface area contributed by atoms with Crippen LogP contribution in [0, 0.1) is 0 Å². The average Bonchev–Trinajstić information content (AvgIpc) is 3.71. The average molecular weight is 685 g/mol. The van der Waals surface area contributed by atoms with Crippen molar-refractivity contribution >= 4 is 92.3 Å². The minimum absolute atomic E-state index is 0.726. The maximum atomic E-state index is 5.28. The molecule has 4 nitrogen and oxygen atoms in total. The van der Waals surface area contributed by atoms with E-state index in [9.17, 15) is 0 Å². The first-order valence-corrected chi connectivity index (χ1v) is 18.5. The van der Waals surface area contributed by atoms with E-state index in [1.807, 2.05) is 6.07 Å². The Morgan fingerprint density at radius 3 is 1.89 bits per heavy atom. The van der Waals surface area contributed by atoms with Gasteiger partial charge in [0.1, 0.15) is 0 Å². The Bertz CT molecular complexity index is 3660. The van der Waals surface area contributed by atoms with Crippen LogP contribution in [0.15, 0.2) is 170 Å². The van der Waals surface area contributed by atoms with Crippen LogP contribution in [0.4, 0.5) is 0 Å². The summed E-state index contributed by atoms with van der Waals surface area (Å²) >= 11 is 0. The fraction of sp³-hybridized carbons (Fsp3) is 0. The first-order valence-electron chi connectivity index (χ1n) is 18.5. The number of rotatable bonds is 3. The maximum absolute atomic E-state index is 5.28. The van der Waals surface area contributed by atoms with Crippen molar-refractivity contribution in [3.05, 3.63) is 170 Å². The van der Waals surface area contributed by atoms with E-state index in [2.05, 4.69) is 173 Å². The molecule has 0 aliphatic carbocycles. The number of fused-ring (bicyclic) bond motifs is 6. The molecule has 13 rings (SSSR count). The highest BCUT2D eigenvalue weighted by atomic mass is 15.0. The summed E-state index contributed by atoms with van der Waals surface area (Å²) in [6.07, 6.45) is 0. The van der Waals surface area contributed by atoms with Gasteiger partial charge in [-0.15, -0.1) is 0 Å². The largest absolute Gasteiger partial charge is 0.309 e. The predicted octanol–water partition coefficient (Wildman–Crippen LogP) is 13.0. The zero-order chi connectivity index (χ0) is 35.1. The van der Waals surface area contributed by atoms with Gasteiger partial charge in [0.05, 0.1) is 44.5 Å². The van der Waals surface area contributed by atoms with Gasteiger partial charge in [0.25, 0.3) is 0 Å². The van der Waals surface area contributed by atoms with Crippen molar-refractivity contribution in [2.75, 3.05) is 0 Å². The van der Waals surface area contributed by atoms with Crippen molar-refractivity contribution in [1.82, 2.24) is 18.9 Å². The zero-order valence-electron chi connectivity index (χ0n) is 29.0. The monoisotopic (exact) mass is 684 g/mol. The van der Waals surface area contributed by atoms with Crippen LogP contribution in [-0.4, -0.2) is 18.9 Å². The van der Waals surface area contributed by atoms with Crippen molar-refractivity contribution < 1.29 is 0 Å². The van der Waals surface area contributed by atoms with Gasteiger partial charge in [0.2, 0.25) is 0 Å². The molecule has 0 spiro atoms. The molecule has 0 aliphatic heterocycles. The molecule has 0 aliphatic rings. The second kappa shape index (κ2) is 10.2. The van der Waals surface area contributed by atoms with Gasteiger partial charge in [-0.2, -0.15) is 0 Å². The Morgan fingerprint density at radius 2 is 1.04 bits per heavy atom. The number of nitrogens with zero attached hydrogens (tertiary/aromatic N) is 4. The van der Waals surface area contributed by atoms with Crippen LogP contribution in [0.25, 0.3) is 121 Å². The molecular weight excluding hydrogens is 657 g/mol. The van der Waals surface area contributed by atoms with E-state index in [4.69, 9.17) is 9.97 Å². The third-order valence-corrected chi connectivity index (χ3v) is 11.8. The first-order chi connectivity index (χ1) is 26.8. The molecule has 4 heteroatoms. The quantitative estimate of drug-likeness (QED) is 0.186. The summed E-state index contributed by atoms with van der Waals surface area (Å²) in [5.74, 6) is 0.726. The normalized spacial score (nSPS) is 12.4. The van der Waals surface area contributed by atoms with E-state index in [1.54, 1.807) is 0 Å². The topological polar surface area (TPSA) is 35.1 Å². The highest BCUT2D eigenvalue weighted by molar-refractivity contribution is 6.37. The Morgan fingerprint density at radius 1 is 0.370 bits per heavy atom. The van der Waals surface area contributed by atoms with Crippen molar-refractivity contribution in [1.29, 1.82) is 0 Å². The summed E-state index contributed by atoms with van der Waals surface area (Å²) in [7, 11) is 0. The number of hydrogen-bond donors (Lipinski definition) is 0. The number of hydrogen-bond acceptors (Lipinski definition) is 2. The van der Waals surface area contributed by atoms with Gasteiger partial charge >= 0.3 is 0 Å². The molecule has 0 amide bonds. The fourth-order valence-electron chi connectivity index (χ4n) is 9.59. The van der Waals surface area contributed by atoms with E-state index in [-0.39, 0.29) is 0 Å². The lowest BCUT2D eigenvalue weighted by Crippen LogP contribution is -1.99. The van der Waals surface area contributed by atoms with Crippen LogP contribution in [0.3, 0.4) is 0 Å². The molecule has 4 heterocycles. The standard InChI is InChI=1S/C50H28N4/c1-2-11-31(12-3-1)48-37-17-6-8-18-38(37)51-50(52-48)36-25-28-40(33-15-5-4-14-32(33)36)53-42-26-22-29-13-10-20-41-44(29)46(42)47-43(53)27-23-30-21-24-35-34-16-7-9-19-39(34)54(41)49(35)45(30)47/h1-28H. The molecule has 54 heavy (non-hydrogen) atoms. The third kappa shape index (κ3) is 3.52. The molecule has 9 aromatic carbocycles. The lowest BCUT2D eigenvalue weighted by atomic mass is 9.98. The molecule has 248 valence electrons. The second-order valence-electron chi connectivity index (χ2n) is 14.5. The van der Waals surface area contributed by atoms with Gasteiger partial charge in [-0.05, 0) is 58.6 Å². The Labute approximate surface area is 308 Å². The smallest absolute Gasteiger partial charge is 0.161 e. The van der Waals surface area contributed by atoms with Crippen LogP contribution in [0.2, 0.25) is 0 Å². The number of aromatic nitrogens is 4. The van der Waals surface area contributed by atoms with Crippen molar-refractivity contribution in [2.24, 2.45) is 0 Å². The van der Waals surface area contributed by atoms with E-state index >= 15 is 0 Å². The van der Waals surface area contributed by atoms with E-state index in [0.717, 1.165) is 50.0 Å². The highest BCUT2D eigenvalue weighted by Gasteiger charge is 2.25. The van der Waals surface area contributed by atoms with Crippen molar-refractivity contribution in [2.45, 2.75) is 0 Å². The highest BCUT2D eigenvalue weighted by Crippen LogP contribution is 2.48. The molecule has 0 unspecified atom stereocenters. The Balaban J connectivity index is 1.16. The molecule has 0 fully saturated rings. The van der Waals surface area contributed by atoms with Gasteiger partial charge in [0.15, 0.2) is 5.82 Å². The van der Waals surface area contributed by atoms with Crippen LogP contribution >= 0.6 is 0 Å². The molecule has 0 radical (unpaired) electrons. The third-order valence-electron chi connectivity index (χ3n) is 11.8. The minimum atomic E-state index is 0.726. The summed E-state index contributed by atoms with van der Waals surface area (Å²) in [4.78, 5) is 10.5. The van der Waals surface area contributed by atoms with Gasteiger partial charge in [-0.25, -0.2) is 9.97 Å². The lowest BCUT2D eigenvalue weighted by Gasteiger charge is -2.16. The molecular formula is C50H28N4. The predicted molar refractivity (Wildman–Crippen MR) is 226 cm³/mol. The zero-order valence-corrected chi connectivity index (χ0v) is 29.0. The lowest BCUT2D eigenvalue weighted by molar-refractivity contribution is 1.19. The summed E-state index contributed by atoms with van der Waals surface area (Å²) in [5.41, 5.74) is 11.3. The van der Waals surface area contributed by atoms with Gasteiger partial charge in [-0.1, -0.05) is 127 Å². The molecule has 0 saturated heterocycles. The molecule has 4 aromatic heterocycles. The first kappa shape index (κ1) is 28.3. The number of benzene rings is 9. The molecule has 13 aromatic rings. The Hall–Kier alpha value is -7.30. The van der Waals surface area contributed by atoms with Crippen LogP contribution in [-0.2, 0) is 0 Å². The van der Waals surface area contributed by atoms with E-state index < -0.39 is 0 Å². The molecule has 0 atom stereocenters. The Kier molecular flexibility index (Phi) is 5.34. The van der Waals surface area contributed by atoms with Crippen LogP contribution in [0.5, 0.6) is 0 Å².